The Morgan fingerprint density at radius 2 is 2.23 bits per heavy atom. The highest BCUT2D eigenvalue weighted by Crippen LogP contribution is 2.36. The summed E-state index contributed by atoms with van der Waals surface area (Å²) in [6, 6.07) is 6.26. The first kappa shape index (κ1) is 9.06. The molecule has 0 heterocycles. The van der Waals surface area contributed by atoms with E-state index in [2.05, 4.69) is 40.8 Å². The average Bonchev–Trinajstić information content (AvgIpc) is 2.14. The molecule has 0 spiro atoms. The van der Waals surface area contributed by atoms with Crippen LogP contribution in [0.25, 0.3) is 11.6 Å². The van der Waals surface area contributed by atoms with Crippen molar-refractivity contribution < 1.29 is 4.74 Å². The van der Waals surface area contributed by atoms with Crippen molar-refractivity contribution in [2.75, 3.05) is 11.5 Å². The SMILES string of the molecule is COc1ccc2c(c1)C=C2CCI. The number of rotatable bonds is 3. The molecule has 0 fully saturated rings. The molecule has 1 aromatic carbocycles. The first-order valence-corrected chi connectivity index (χ1v) is 5.82. The molecule has 0 aromatic heterocycles. The maximum atomic E-state index is 5.15. The quantitative estimate of drug-likeness (QED) is 0.611. The van der Waals surface area contributed by atoms with E-state index in [1.807, 2.05) is 6.07 Å². The lowest BCUT2D eigenvalue weighted by Gasteiger charge is -2.19. The third-order valence-corrected chi connectivity index (χ3v) is 2.84. The fourth-order valence-electron chi connectivity index (χ4n) is 1.58. The Balaban J connectivity index is 2.22. The molecule has 0 amide bonds. The molecule has 1 aliphatic rings. The van der Waals surface area contributed by atoms with Crippen LogP contribution in [0.1, 0.15) is 17.5 Å². The van der Waals surface area contributed by atoms with Gasteiger partial charge < -0.3 is 4.74 Å². The zero-order chi connectivity index (χ0) is 9.26. The summed E-state index contributed by atoms with van der Waals surface area (Å²) in [5.41, 5.74) is 4.20. The molecule has 0 N–H and O–H groups in total. The lowest BCUT2D eigenvalue weighted by Crippen LogP contribution is -1.99. The minimum atomic E-state index is 0.948. The van der Waals surface area contributed by atoms with E-state index < -0.39 is 0 Å². The van der Waals surface area contributed by atoms with Crippen molar-refractivity contribution in [1.82, 2.24) is 0 Å². The number of ether oxygens (including phenoxy) is 1. The van der Waals surface area contributed by atoms with Gasteiger partial charge in [0, 0.05) is 4.43 Å². The van der Waals surface area contributed by atoms with Gasteiger partial charge in [0.05, 0.1) is 7.11 Å². The maximum absolute atomic E-state index is 5.15. The van der Waals surface area contributed by atoms with Crippen molar-refractivity contribution in [2.45, 2.75) is 6.42 Å². The summed E-state index contributed by atoms with van der Waals surface area (Å²) in [6.07, 6.45) is 3.43. The third-order valence-electron chi connectivity index (χ3n) is 2.30. The Hall–Kier alpha value is -0.510. The van der Waals surface area contributed by atoms with E-state index in [1.54, 1.807) is 7.11 Å². The summed E-state index contributed by atoms with van der Waals surface area (Å²) in [5, 5.41) is 0. The van der Waals surface area contributed by atoms with Gasteiger partial charge in [0.2, 0.25) is 0 Å². The summed E-state index contributed by atoms with van der Waals surface area (Å²) in [6.45, 7) is 0. The topological polar surface area (TPSA) is 9.23 Å². The number of methoxy groups -OCH3 is 1. The van der Waals surface area contributed by atoms with Gasteiger partial charge in [-0.25, -0.2) is 0 Å². The normalized spacial score (nSPS) is 12.9. The van der Waals surface area contributed by atoms with Crippen LogP contribution in [0.3, 0.4) is 0 Å². The van der Waals surface area contributed by atoms with E-state index in [0.717, 1.165) is 5.75 Å². The summed E-state index contributed by atoms with van der Waals surface area (Å²) >= 11 is 2.41. The van der Waals surface area contributed by atoms with Gasteiger partial charge in [-0.05, 0) is 35.3 Å². The van der Waals surface area contributed by atoms with Crippen molar-refractivity contribution in [3.8, 4) is 5.75 Å². The van der Waals surface area contributed by atoms with E-state index in [-0.39, 0.29) is 0 Å². The predicted octanol–water partition coefficient (Wildman–Crippen LogP) is 3.37. The molecule has 1 aromatic rings. The Morgan fingerprint density at radius 1 is 1.38 bits per heavy atom. The number of hydrogen-bond donors (Lipinski definition) is 0. The third kappa shape index (κ3) is 1.59. The number of alkyl halides is 1. The Morgan fingerprint density at radius 3 is 2.85 bits per heavy atom. The van der Waals surface area contributed by atoms with E-state index in [4.69, 9.17) is 4.74 Å². The Kier molecular flexibility index (Phi) is 2.58. The highest BCUT2D eigenvalue weighted by Gasteiger charge is 2.15. The molecule has 0 aliphatic heterocycles. The molecule has 0 bridgehead atoms. The number of allylic oxidation sites excluding steroid dienone is 1. The summed E-state index contributed by atoms with van der Waals surface area (Å²) in [5.74, 6) is 0.948. The van der Waals surface area contributed by atoms with Gasteiger partial charge in [0.25, 0.3) is 0 Å². The first-order valence-electron chi connectivity index (χ1n) is 4.30. The van der Waals surface area contributed by atoms with E-state index in [9.17, 15) is 0 Å². The van der Waals surface area contributed by atoms with Gasteiger partial charge in [-0.2, -0.15) is 0 Å². The van der Waals surface area contributed by atoms with Gasteiger partial charge in [-0.3, -0.25) is 0 Å². The molecule has 0 radical (unpaired) electrons. The maximum Gasteiger partial charge on any atom is 0.119 e. The lowest BCUT2D eigenvalue weighted by atomic mass is 9.87. The standard InChI is InChI=1S/C11H11IO/c1-13-10-2-3-11-8(4-5-12)6-9(11)7-10/h2-3,6-7H,4-5H2,1H3. The van der Waals surface area contributed by atoms with Gasteiger partial charge in [0.15, 0.2) is 0 Å². The monoisotopic (exact) mass is 286 g/mol. The molecule has 0 saturated heterocycles. The fraction of sp³-hybridized carbons (Fsp3) is 0.273. The van der Waals surface area contributed by atoms with E-state index in [0.29, 0.717) is 0 Å². The average molecular weight is 286 g/mol. The number of fused-ring (bicyclic) bond motifs is 1. The lowest BCUT2D eigenvalue weighted by molar-refractivity contribution is 0.414. The van der Waals surface area contributed by atoms with Crippen molar-refractivity contribution in [3.63, 3.8) is 0 Å². The van der Waals surface area contributed by atoms with E-state index in [1.165, 1.54) is 27.5 Å². The van der Waals surface area contributed by atoms with Crippen molar-refractivity contribution in [2.24, 2.45) is 0 Å². The minimum Gasteiger partial charge on any atom is -0.497 e. The highest BCUT2D eigenvalue weighted by molar-refractivity contribution is 14.1. The highest BCUT2D eigenvalue weighted by atomic mass is 127. The van der Waals surface area contributed by atoms with Gasteiger partial charge in [0.1, 0.15) is 5.75 Å². The molecule has 2 heteroatoms. The Bertz CT molecular complexity index is 355. The second kappa shape index (κ2) is 3.70. The van der Waals surface area contributed by atoms with E-state index >= 15 is 0 Å². The Labute approximate surface area is 91.9 Å². The van der Waals surface area contributed by atoms with Crippen LogP contribution in [0.5, 0.6) is 5.75 Å². The molecule has 2 rings (SSSR count). The number of benzene rings is 1. The summed E-state index contributed by atoms with van der Waals surface area (Å²) < 4.78 is 6.34. The molecule has 13 heavy (non-hydrogen) atoms. The molecule has 1 aliphatic carbocycles. The van der Waals surface area contributed by atoms with Crippen molar-refractivity contribution in [3.05, 3.63) is 29.3 Å². The zero-order valence-corrected chi connectivity index (χ0v) is 9.67. The van der Waals surface area contributed by atoms with Crippen LogP contribution in [0.2, 0.25) is 0 Å². The predicted molar refractivity (Wildman–Crippen MR) is 64.4 cm³/mol. The van der Waals surface area contributed by atoms with Crippen LogP contribution in [0.15, 0.2) is 18.2 Å². The molecule has 1 nitrogen and oxygen atoms in total. The number of halogens is 1. The largest absolute Gasteiger partial charge is 0.497 e. The molecule has 0 atom stereocenters. The second-order valence-corrected chi connectivity index (χ2v) is 4.14. The molecular formula is C11H11IO. The van der Waals surface area contributed by atoms with Crippen molar-refractivity contribution in [1.29, 1.82) is 0 Å². The molecular weight excluding hydrogens is 275 g/mol. The van der Waals surface area contributed by atoms with Gasteiger partial charge in [-0.1, -0.05) is 34.7 Å². The summed E-state index contributed by atoms with van der Waals surface area (Å²) in [7, 11) is 1.70. The summed E-state index contributed by atoms with van der Waals surface area (Å²) in [4.78, 5) is 0. The minimum absolute atomic E-state index is 0.948. The van der Waals surface area contributed by atoms with Crippen molar-refractivity contribution >= 4 is 34.2 Å². The van der Waals surface area contributed by atoms with Crippen LogP contribution in [0.4, 0.5) is 0 Å². The van der Waals surface area contributed by atoms with Crippen LogP contribution in [-0.2, 0) is 0 Å². The van der Waals surface area contributed by atoms with Crippen LogP contribution in [0, 0.1) is 0 Å². The first-order chi connectivity index (χ1) is 6.35. The van der Waals surface area contributed by atoms with Gasteiger partial charge >= 0.3 is 0 Å². The van der Waals surface area contributed by atoms with Crippen LogP contribution in [-0.4, -0.2) is 11.5 Å². The zero-order valence-electron chi connectivity index (χ0n) is 7.51. The molecule has 68 valence electrons. The molecule has 0 saturated carbocycles. The second-order valence-electron chi connectivity index (χ2n) is 3.06. The fourth-order valence-corrected chi connectivity index (χ4v) is 2.16. The molecule has 0 unspecified atom stereocenters. The van der Waals surface area contributed by atoms with Crippen LogP contribution >= 0.6 is 22.6 Å². The number of hydrogen-bond acceptors (Lipinski definition) is 1. The van der Waals surface area contributed by atoms with Crippen LogP contribution < -0.4 is 4.74 Å². The van der Waals surface area contributed by atoms with Gasteiger partial charge in [-0.15, -0.1) is 0 Å². The smallest absolute Gasteiger partial charge is 0.119 e.